The normalized spacial score (nSPS) is 11.8. The molecule has 110 valence electrons. The molecule has 0 bridgehead atoms. The lowest BCUT2D eigenvalue weighted by Gasteiger charge is -2.16. The number of rotatable bonds is 4. The molecule has 0 aromatic heterocycles. The zero-order valence-electron chi connectivity index (χ0n) is 11.8. The minimum Gasteiger partial charge on any atom is -0.504 e. The second kappa shape index (κ2) is 6.63. The summed E-state index contributed by atoms with van der Waals surface area (Å²) in [7, 11) is 1.44. The predicted molar refractivity (Wildman–Crippen MR) is 84.7 cm³/mol. The highest BCUT2D eigenvalue weighted by molar-refractivity contribution is 9.10. The smallest absolute Gasteiger partial charge is 0.255 e. The van der Waals surface area contributed by atoms with Crippen molar-refractivity contribution in [3.63, 3.8) is 0 Å². The second-order valence-electron chi connectivity index (χ2n) is 4.57. The first-order chi connectivity index (χ1) is 10.0. The van der Waals surface area contributed by atoms with Crippen LogP contribution in [0.1, 0.15) is 28.9 Å². The van der Waals surface area contributed by atoms with Crippen molar-refractivity contribution in [2.45, 2.75) is 13.0 Å². The third-order valence-corrected chi connectivity index (χ3v) is 3.91. The molecule has 2 N–H and O–H groups in total. The van der Waals surface area contributed by atoms with Gasteiger partial charge in [0.1, 0.15) is 0 Å². The average molecular weight is 350 g/mol. The van der Waals surface area contributed by atoms with Crippen LogP contribution in [0.25, 0.3) is 0 Å². The van der Waals surface area contributed by atoms with Gasteiger partial charge in [0.05, 0.1) is 18.7 Å². The third kappa shape index (κ3) is 3.36. The van der Waals surface area contributed by atoms with E-state index in [1.807, 2.05) is 31.2 Å². The summed E-state index contributed by atoms with van der Waals surface area (Å²) in [5, 5.41) is 12.9. The van der Waals surface area contributed by atoms with Crippen molar-refractivity contribution in [3.05, 3.63) is 58.1 Å². The van der Waals surface area contributed by atoms with Crippen molar-refractivity contribution in [2.75, 3.05) is 7.11 Å². The van der Waals surface area contributed by atoms with Gasteiger partial charge in [0.2, 0.25) is 0 Å². The molecule has 1 atom stereocenters. The number of hydrogen-bond donors (Lipinski definition) is 2. The van der Waals surface area contributed by atoms with Crippen molar-refractivity contribution in [3.8, 4) is 11.5 Å². The maximum Gasteiger partial charge on any atom is 0.255 e. The number of para-hydroxylation sites is 1. The lowest BCUT2D eigenvalue weighted by atomic mass is 10.1. The molecule has 2 aromatic carbocycles. The van der Waals surface area contributed by atoms with Gasteiger partial charge in [-0.3, -0.25) is 4.79 Å². The number of benzene rings is 2. The number of amides is 1. The van der Waals surface area contributed by atoms with E-state index in [2.05, 4.69) is 21.2 Å². The van der Waals surface area contributed by atoms with Crippen LogP contribution in [0.5, 0.6) is 11.5 Å². The lowest BCUT2D eigenvalue weighted by molar-refractivity contribution is 0.0936. The van der Waals surface area contributed by atoms with Gasteiger partial charge in [0.25, 0.3) is 5.91 Å². The number of methoxy groups -OCH3 is 1. The van der Waals surface area contributed by atoms with E-state index < -0.39 is 0 Å². The summed E-state index contributed by atoms with van der Waals surface area (Å²) >= 11 is 3.46. The van der Waals surface area contributed by atoms with Gasteiger partial charge in [-0.15, -0.1) is 0 Å². The summed E-state index contributed by atoms with van der Waals surface area (Å²) in [6, 6.07) is 12.3. The highest BCUT2D eigenvalue weighted by atomic mass is 79.9. The Morgan fingerprint density at radius 3 is 2.62 bits per heavy atom. The Hall–Kier alpha value is -2.01. The molecule has 0 radical (unpaired) electrons. The quantitative estimate of drug-likeness (QED) is 0.885. The first kappa shape index (κ1) is 15.4. The van der Waals surface area contributed by atoms with Crippen molar-refractivity contribution < 1.29 is 14.6 Å². The minimum atomic E-state index is -0.352. The molecule has 0 fully saturated rings. The van der Waals surface area contributed by atoms with E-state index in [1.54, 1.807) is 18.2 Å². The molecule has 0 saturated carbocycles. The Labute approximate surface area is 131 Å². The highest BCUT2D eigenvalue weighted by Gasteiger charge is 2.18. The molecule has 5 heteroatoms. The Morgan fingerprint density at radius 1 is 1.24 bits per heavy atom. The Balaban J connectivity index is 2.21. The van der Waals surface area contributed by atoms with E-state index in [0.717, 1.165) is 10.0 Å². The molecular formula is C16H16BrNO3. The van der Waals surface area contributed by atoms with Crippen LogP contribution >= 0.6 is 15.9 Å². The fourth-order valence-corrected chi connectivity index (χ4v) is 2.68. The van der Waals surface area contributed by atoms with Crippen LogP contribution in [0.3, 0.4) is 0 Å². The molecule has 0 saturated heterocycles. The van der Waals surface area contributed by atoms with Gasteiger partial charge >= 0.3 is 0 Å². The maximum absolute atomic E-state index is 12.3. The van der Waals surface area contributed by atoms with Crippen LogP contribution in [0.2, 0.25) is 0 Å². The zero-order valence-corrected chi connectivity index (χ0v) is 13.3. The van der Waals surface area contributed by atoms with Crippen LogP contribution in [-0.2, 0) is 0 Å². The molecule has 0 aliphatic rings. The first-order valence-electron chi connectivity index (χ1n) is 6.46. The summed E-state index contributed by atoms with van der Waals surface area (Å²) in [4.78, 5) is 12.3. The average Bonchev–Trinajstić information content (AvgIpc) is 2.47. The van der Waals surface area contributed by atoms with E-state index in [-0.39, 0.29) is 29.0 Å². The summed E-state index contributed by atoms with van der Waals surface area (Å²) in [5.41, 5.74) is 1.15. The molecular weight excluding hydrogens is 334 g/mol. The molecule has 4 nitrogen and oxygen atoms in total. The Morgan fingerprint density at radius 2 is 1.95 bits per heavy atom. The number of halogens is 1. The summed E-state index contributed by atoms with van der Waals surface area (Å²) in [6.07, 6.45) is 0. The van der Waals surface area contributed by atoms with Crippen molar-refractivity contribution in [2.24, 2.45) is 0 Å². The van der Waals surface area contributed by atoms with Gasteiger partial charge < -0.3 is 15.2 Å². The van der Waals surface area contributed by atoms with Gasteiger partial charge in [-0.05, 0) is 30.7 Å². The number of nitrogens with one attached hydrogen (secondary N) is 1. The number of carbonyl (C=O) groups is 1. The molecule has 1 amide bonds. The van der Waals surface area contributed by atoms with Crippen molar-refractivity contribution >= 4 is 21.8 Å². The summed E-state index contributed by atoms with van der Waals surface area (Å²) in [6.45, 7) is 1.88. The van der Waals surface area contributed by atoms with Crippen molar-refractivity contribution in [1.82, 2.24) is 5.32 Å². The van der Waals surface area contributed by atoms with E-state index in [0.29, 0.717) is 0 Å². The van der Waals surface area contributed by atoms with Crippen molar-refractivity contribution in [1.29, 1.82) is 0 Å². The fourth-order valence-electron chi connectivity index (χ4n) is 2.05. The van der Waals surface area contributed by atoms with Gasteiger partial charge in [0, 0.05) is 4.47 Å². The number of hydrogen-bond acceptors (Lipinski definition) is 3. The van der Waals surface area contributed by atoms with E-state index in [1.165, 1.54) is 7.11 Å². The number of ether oxygens (including phenoxy) is 1. The van der Waals surface area contributed by atoms with E-state index in [9.17, 15) is 9.90 Å². The Kier molecular flexibility index (Phi) is 4.85. The molecule has 0 aliphatic carbocycles. The van der Waals surface area contributed by atoms with Crippen LogP contribution in [0.4, 0.5) is 0 Å². The maximum atomic E-state index is 12.3. The van der Waals surface area contributed by atoms with Gasteiger partial charge in [-0.2, -0.15) is 0 Å². The molecule has 0 heterocycles. The largest absolute Gasteiger partial charge is 0.504 e. The Bertz CT molecular complexity index is 658. The number of phenolic OH excluding ortho intramolecular Hbond substituents is 1. The molecule has 2 rings (SSSR count). The first-order valence-corrected chi connectivity index (χ1v) is 7.25. The highest BCUT2D eigenvalue weighted by Crippen LogP contribution is 2.30. The van der Waals surface area contributed by atoms with Crippen LogP contribution in [0.15, 0.2) is 46.9 Å². The fraction of sp³-hybridized carbons (Fsp3) is 0.188. The molecule has 1 unspecified atom stereocenters. The van der Waals surface area contributed by atoms with E-state index >= 15 is 0 Å². The standard InChI is InChI=1S/C16H16BrNO3/c1-10(11-6-3-4-8-13(11)17)18-16(20)12-7-5-9-14(21-2)15(12)19/h3-10,19H,1-2H3,(H,18,20). The topological polar surface area (TPSA) is 58.6 Å². The van der Waals surface area contributed by atoms with Crippen LogP contribution in [0, 0.1) is 0 Å². The molecule has 0 aliphatic heterocycles. The summed E-state index contributed by atoms with van der Waals surface area (Å²) < 4.78 is 5.93. The van der Waals surface area contributed by atoms with Gasteiger partial charge in [-0.25, -0.2) is 0 Å². The SMILES string of the molecule is COc1cccc(C(=O)NC(C)c2ccccc2Br)c1O. The molecule has 0 spiro atoms. The van der Waals surface area contributed by atoms with E-state index in [4.69, 9.17) is 4.74 Å². The summed E-state index contributed by atoms with van der Waals surface area (Å²) in [5.74, 6) is -0.234. The van der Waals surface area contributed by atoms with Crippen LogP contribution < -0.4 is 10.1 Å². The third-order valence-electron chi connectivity index (χ3n) is 3.18. The molecule has 2 aromatic rings. The molecule has 21 heavy (non-hydrogen) atoms. The predicted octanol–water partition coefficient (Wildman–Crippen LogP) is 3.65. The number of phenols is 1. The zero-order chi connectivity index (χ0) is 15.4. The second-order valence-corrected chi connectivity index (χ2v) is 5.43. The van der Waals surface area contributed by atoms with Gasteiger partial charge in [-0.1, -0.05) is 40.2 Å². The number of aromatic hydroxyl groups is 1. The van der Waals surface area contributed by atoms with Crippen LogP contribution in [-0.4, -0.2) is 18.1 Å². The van der Waals surface area contributed by atoms with Gasteiger partial charge in [0.15, 0.2) is 11.5 Å². The monoisotopic (exact) mass is 349 g/mol. The minimum absolute atomic E-state index is 0.156. The lowest BCUT2D eigenvalue weighted by Crippen LogP contribution is -2.27. The number of carbonyl (C=O) groups excluding carboxylic acids is 1.